The maximum Gasteiger partial charge on any atom is 0.333 e. The summed E-state index contributed by atoms with van der Waals surface area (Å²) >= 11 is 1.23. The number of ether oxygens (including phenoxy) is 2. The fraction of sp³-hybridized carbons (Fsp3) is 0.727. The Morgan fingerprint density at radius 2 is 2.05 bits per heavy atom. The largest absolute Gasteiger partial charge is 0.428 e. The topological polar surface area (TPSA) is 72.9 Å². The molecule has 2 aliphatic rings. The molecule has 2 fully saturated rings. The quantitative estimate of drug-likeness (QED) is 0.427. The molecule has 0 radical (unpaired) electrons. The molecule has 2 aliphatic heterocycles. The number of carbonyl (C=O) groups excluding carboxylic acids is 3. The summed E-state index contributed by atoms with van der Waals surface area (Å²) in [7, 11) is 0. The van der Waals surface area contributed by atoms with Gasteiger partial charge < -0.3 is 14.4 Å². The van der Waals surface area contributed by atoms with E-state index >= 15 is 0 Å². The van der Waals surface area contributed by atoms with Gasteiger partial charge >= 0.3 is 11.9 Å². The Morgan fingerprint density at radius 3 is 2.63 bits per heavy atom. The minimum atomic E-state index is -1.56. The number of hydrogen-bond donors (Lipinski definition) is 0. The lowest BCUT2D eigenvalue weighted by Gasteiger charge is -2.39. The summed E-state index contributed by atoms with van der Waals surface area (Å²) < 4.78 is 22.0. The van der Waals surface area contributed by atoms with Crippen molar-refractivity contribution in [3.05, 3.63) is 0 Å². The number of nitrogens with zero attached hydrogens (tertiary/aromatic N) is 1. The van der Waals surface area contributed by atoms with Crippen molar-refractivity contribution in [2.45, 2.75) is 43.1 Å². The van der Waals surface area contributed by atoms with Gasteiger partial charge in [0.25, 0.3) is 5.91 Å². The van der Waals surface area contributed by atoms with Crippen LogP contribution in [-0.2, 0) is 23.9 Å². The van der Waals surface area contributed by atoms with E-state index in [2.05, 4.69) is 4.74 Å². The van der Waals surface area contributed by atoms with Crippen molar-refractivity contribution < 1.29 is 28.2 Å². The van der Waals surface area contributed by atoms with Crippen LogP contribution in [0.3, 0.4) is 0 Å². The molecule has 2 saturated heterocycles. The van der Waals surface area contributed by atoms with E-state index in [1.165, 1.54) is 23.6 Å². The zero-order valence-corrected chi connectivity index (χ0v) is 11.5. The molecule has 0 unspecified atom stereocenters. The Bertz CT molecular complexity index is 441. The number of esters is 2. The first-order valence-corrected chi connectivity index (χ1v) is 6.58. The van der Waals surface area contributed by atoms with Crippen LogP contribution < -0.4 is 0 Å². The third kappa shape index (κ3) is 2.29. The Kier molecular flexibility index (Phi) is 3.46. The summed E-state index contributed by atoms with van der Waals surface area (Å²) in [6.45, 7) is 4.17. The van der Waals surface area contributed by atoms with E-state index in [1.54, 1.807) is 13.8 Å². The molecule has 0 aromatic heterocycles. The van der Waals surface area contributed by atoms with Gasteiger partial charge in [-0.15, -0.1) is 11.8 Å². The number of hydrogen-bond acceptors (Lipinski definition) is 6. The summed E-state index contributed by atoms with van der Waals surface area (Å²) in [5.74, 6) is -1.96. The van der Waals surface area contributed by atoms with E-state index in [0.29, 0.717) is 0 Å². The summed E-state index contributed by atoms with van der Waals surface area (Å²) in [6.07, 6.45) is -1.56. The van der Waals surface area contributed by atoms with Crippen LogP contribution in [0.1, 0.15) is 20.8 Å². The average molecular weight is 291 g/mol. The molecule has 2 heterocycles. The Hall–Kier alpha value is -1.31. The number of halogens is 1. The van der Waals surface area contributed by atoms with Gasteiger partial charge in [-0.2, -0.15) is 0 Å². The monoisotopic (exact) mass is 291 g/mol. The molecule has 0 bridgehead atoms. The fourth-order valence-electron chi connectivity index (χ4n) is 2.20. The number of alkyl halides is 1. The van der Waals surface area contributed by atoms with Crippen LogP contribution in [0, 0.1) is 0 Å². The van der Waals surface area contributed by atoms with Crippen molar-refractivity contribution in [3.8, 4) is 0 Å². The van der Waals surface area contributed by atoms with Crippen LogP contribution in [0.15, 0.2) is 0 Å². The summed E-state index contributed by atoms with van der Waals surface area (Å²) in [5, 5.41) is -0.631. The molecule has 6 nitrogen and oxygen atoms in total. The van der Waals surface area contributed by atoms with Crippen LogP contribution in [-0.4, -0.2) is 51.9 Å². The second-order valence-electron chi connectivity index (χ2n) is 4.88. The molecular weight excluding hydrogens is 277 g/mol. The molecule has 0 aromatic rings. The molecule has 19 heavy (non-hydrogen) atoms. The zero-order valence-electron chi connectivity index (χ0n) is 10.7. The van der Waals surface area contributed by atoms with E-state index < -0.39 is 47.0 Å². The fourth-order valence-corrected chi connectivity index (χ4v) is 3.73. The van der Waals surface area contributed by atoms with E-state index in [0.717, 1.165) is 0 Å². The van der Waals surface area contributed by atoms with E-state index in [-0.39, 0.29) is 0 Å². The second-order valence-corrected chi connectivity index (χ2v) is 6.65. The number of fused-ring (bicyclic) bond motifs is 1. The predicted molar refractivity (Wildman–Crippen MR) is 63.7 cm³/mol. The average Bonchev–Trinajstić information content (AvgIpc) is 2.57. The van der Waals surface area contributed by atoms with Gasteiger partial charge in [-0.05, 0) is 13.8 Å². The Morgan fingerprint density at radius 1 is 1.42 bits per heavy atom. The summed E-state index contributed by atoms with van der Waals surface area (Å²) in [4.78, 5) is 35.2. The molecular formula is C11H14FNO5S. The molecule has 1 amide bonds. The molecule has 3 atom stereocenters. The number of β-lactam (4-membered cyclic amide) rings is 1. The van der Waals surface area contributed by atoms with Crippen LogP contribution >= 0.6 is 11.8 Å². The lowest BCUT2D eigenvalue weighted by atomic mass is 9.98. The molecule has 0 aliphatic carbocycles. The second kappa shape index (κ2) is 4.66. The predicted octanol–water partition coefficient (Wildman–Crippen LogP) is 0.451. The van der Waals surface area contributed by atoms with Crippen molar-refractivity contribution in [1.29, 1.82) is 0 Å². The van der Waals surface area contributed by atoms with Crippen molar-refractivity contribution >= 4 is 29.6 Å². The number of thioether (sulfide) groups is 1. The van der Waals surface area contributed by atoms with Crippen molar-refractivity contribution in [2.24, 2.45) is 0 Å². The van der Waals surface area contributed by atoms with E-state index in [1.807, 2.05) is 0 Å². The van der Waals surface area contributed by atoms with Gasteiger partial charge in [0.15, 0.2) is 0 Å². The lowest BCUT2D eigenvalue weighted by molar-refractivity contribution is -0.177. The highest BCUT2D eigenvalue weighted by Gasteiger charge is 2.64. The van der Waals surface area contributed by atoms with Gasteiger partial charge in [-0.1, -0.05) is 0 Å². The highest BCUT2D eigenvalue weighted by molar-refractivity contribution is 8.01. The normalized spacial score (nSPS) is 31.5. The Balaban J connectivity index is 2.03. The molecule has 2 rings (SSSR count). The maximum atomic E-state index is 13.4. The minimum absolute atomic E-state index is 0.503. The number of carbonyl (C=O) groups is 3. The minimum Gasteiger partial charge on any atom is -0.428 e. The third-order valence-electron chi connectivity index (χ3n) is 3.06. The summed E-state index contributed by atoms with van der Waals surface area (Å²) in [6, 6.07) is -0.863. The molecule has 106 valence electrons. The molecule has 0 saturated carbocycles. The molecule has 0 N–H and O–H groups in total. The number of rotatable bonds is 3. The molecule has 0 aromatic carbocycles. The lowest BCUT2D eigenvalue weighted by Crippen LogP contribution is -2.64. The van der Waals surface area contributed by atoms with E-state index in [9.17, 15) is 18.8 Å². The van der Waals surface area contributed by atoms with Gasteiger partial charge in [-0.3, -0.25) is 9.59 Å². The number of amides is 1. The van der Waals surface area contributed by atoms with Gasteiger partial charge in [0.2, 0.25) is 13.0 Å². The summed E-state index contributed by atoms with van der Waals surface area (Å²) in [5.41, 5.74) is 0. The maximum absolute atomic E-state index is 13.4. The van der Waals surface area contributed by atoms with E-state index in [4.69, 9.17) is 4.74 Å². The van der Waals surface area contributed by atoms with Gasteiger partial charge in [0.05, 0.1) is 0 Å². The smallest absolute Gasteiger partial charge is 0.333 e. The first-order chi connectivity index (χ1) is 8.75. The first kappa shape index (κ1) is 14.1. The highest BCUT2D eigenvalue weighted by Crippen LogP contribution is 2.51. The van der Waals surface area contributed by atoms with Crippen LogP contribution in [0.4, 0.5) is 4.39 Å². The molecule has 0 spiro atoms. The van der Waals surface area contributed by atoms with Gasteiger partial charge in [0.1, 0.15) is 11.4 Å². The Labute approximate surface area is 113 Å². The zero-order chi connectivity index (χ0) is 14.4. The molecule has 8 heteroatoms. The van der Waals surface area contributed by atoms with Crippen LogP contribution in [0.5, 0.6) is 0 Å². The standard InChI is InChI=1S/C11H14FNO5S/c1-5(14)17-4-18-10(16)7-11(2,3)19-9-6(12)8(15)13(7)9/h6-7,9H,4H2,1-3H3/t6-,7+,9-/m1/s1. The highest BCUT2D eigenvalue weighted by atomic mass is 32.2. The van der Waals surface area contributed by atoms with Gasteiger partial charge in [0, 0.05) is 11.7 Å². The van der Waals surface area contributed by atoms with Crippen molar-refractivity contribution in [1.82, 2.24) is 4.90 Å². The van der Waals surface area contributed by atoms with Crippen molar-refractivity contribution in [2.75, 3.05) is 6.79 Å². The van der Waals surface area contributed by atoms with Crippen molar-refractivity contribution in [3.63, 3.8) is 0 Å². The SMILES string of the molecule is CC(=O)OCOC(=O)[C@@H]1N2C(=O)[C@@H](F)[C@H]2SC1(C)C. The first-order valence-electron chi connectivity index (χ1n) is 5.70. The third-order valence-corrected chi connectivity index (χ3v) is 4.60. The van der Waals surface area contributed by atoms with Crippen LogP contribution in [0.2, 0.25) is 0 Å². The van der Waals surface area contributed by atoms with Gasteiger partial charge in [-0.25, -0.2) is 9.18 Å². The van der Waals surface area contributed by atoms with Crippen LogP contribution in [0.25, 0.3) is 0 Å².